The summed E-state index contributed by atoms with van der Waals surface area (Å²) in [6.07, 6.45) is 3.54. The van der Waals surface area contributed by atoms with Crippen LogP contribution < -0.4 is 0 Å². The van der Waals surface area contributed by atoms with Gasteiger partial charge in [0.1, 0.15) is 11.6 Å². The predicted molar refractivity (Wildman–Crippen MR) is 133 cm³/mol. The number of hydrazone groups is 1. The van der Waals surface area contributed by atoms with Gasteiger partial charge in [0.25, 0.3) is 5.91 Å². The standard InChI is InChI=1S/C29H29F2N3O/c30-24-12-10-23(11-13-24)27-19-28(25-8-4-5-9-26(25)31)34(32-27)29(35)20-33-16-14-22(15-17-33)18-21-6-2-1-3-7-21/h1-13,22,28H,14-20H2. The molecule has 0 aliphatic carbocycles. The number of piperidine rings is 1. The molecule has 5 rings (SSSR count). The van der Waals surface area contributed by atoms with Crippen molar-refractivity contribution in [2.24, 2.45) is 11.0 Å². The lowest BCUT2D eigenvalue weighted by atomic mass is 9.90. The fraction of sp³-hybridized carbons (Fsp3) is 0.310. The molecule has 1 fully saturated rings. The third-order valence-corrected chi connectivity index (χ3v) is 7.04. The maximum Gasteiger partial charge on any atom is 0.257 e. The van der Waals surface area contributed by atoms with Crippen LogP contribution in [-0.4, -0.2) is 41.2 Å². The number of nitrogens with zero attached hydrogens (tertiary/aromatic N) is 3. The maximum atomic E-state index is 14.7. The van der Waals surface area contributed by atoms with Crippen molar-refractivity contribution in [1.82, 2.24) is 9.91 Å². The third kappa shape index (κ3) is 5.49. The van der Waals surface area contributed by atoms with Crippen molar-refractivity contribution >= 4 is 11.6 Å². The van der Waals surface area contributed by atoms with Crippen LogP contribution in [0.1, 0.15) is 42.0 Å². The number of halogens is 2. The van der Waals surface area contributed by atoms with Gasteiger partial charge in [-0.1, -0.05) is 60.7 Å². The van der Waals surface area contributed by atoms with Gasteiger partial charge in [0.2, 0.25) is 0 Å². The van der Waals surface area contributed by atoms with Crippen LogP contribution in [0.15, 0.2) is 84.0 Å². The van der Waals surface area contributed by atoms with Crippen molar-refractivity contribution < 1.29 is 13.6 Å². The number of likely N-dealkylation sites (tertiary alicyclic amines) is 1. The van der Waals surface area contributed by atoms with Gasteiger partial charge in [-0.15, -0.1) is 0 Å². The highest BCUT2D eigenvalue weighted by atomic mass is 19.1. The zero-order chi connectivity index (χ0) is 24.2. The van der Waals surface area contributed by atoms with E-state index in [1.807, 2.05) is 6.07 Å². The summed E-state index contributed by atoms with van der Waals surface area (Å²) in [5.74, 6) is -0.212. The number of rotatable bonds is 6. The monoisotopic (exact) mass is 473 g/mol. The summed E-state index contributed by atoms with van der Waals surface area (Å²) in [5, 5.41) is 6.05. The molecule has 2 heterocycles. The van der Waals surface area contributed by atoms with E-state index >= 15 is 0 Å². The fourth-order valence-corrected chi connectivity index (χ4v) is 5.10. The van der Waals surface area contributed by atoms with Crippen LogP contribution in [0.3, 0.4) is 0 Å². The molecule has 1 unspecified atom stereocenters. The average Bonchev–Trinajstić information content (AvgIpc) is 3.32. The molecule has 4 nitrogen and oxygen atoms in total. The molecular weight excluding hydrogens is 444 g/mol. The van der Waals surface area contributed by atoms with Crippen molar-refractivity contribution in [2.45, 2.75) is 31.7 Å². The number of carbonyl (C=O) groups excluding carboxylic acids is 1. The largest absolute Gasteiger partial charge is 0.294 e. The van der Waals surface area contributed by atoms with Crippen LogP contribution in [0, 0.1) is 17.6 Å². The van der Waals surface area contributed by atoms with Crippen molar-refractivity contribution in [3.05, 3.63) is 107 Å². The average molecular weight is 474 g/mol. The summed E-state index contributed by atoms with van der Waals surface area (Å²) in [6, 6.07) is 22.6. The molecule has 6 heteroatoms. The van der Waals surface area contributed by atoms with Crippen molar-refractivity contribution in [1.29, 1.82) is 0 Å². The van der Waals surface area contributed by atoms with Gasteiger partial charge in [-0.3, -0.25) is 9.69 Å². The SMILES string of the molecule is O=C(CN1CCC(Cc2ccccc2)CC1)N1N=C(c2ccc(F)cc2)CC1c1ccccc1F. The summed E-state index contributed by atoms with van der Waals surface area (Å²) in [7, 11) is 0. The smallest absolute Gasteiger partial charge is 0.257 e. The van der Waals surface area contributed by atoms with E-state index in [0.717, 1.165) is 37.9 Å². The van der Waals surface area contributed by atoms with Crippen molar-refractivity contribution in [3.8, 4) is 0 Å². The Morgan fingerprint density at radius 2 is 1.57 bits per heavy atom. The molecule has 1 amide bonds. The summed E-state index contributed by atoms with van der Waals surface area (Å²) >= 11 is 0. The maximum absolute atomic E-state index is 14.7. The number of amides is 1. The molecule has 0 radical (unpaired) electrons. The van der Waals surface area contributed by atoms with Gasteiger partial charge in [-0.2, -0.15) is 5.10 Å². The van der Waals surface area contributed by atoms with E-state index in [9.17, 15) is 13.6 Å². The van der Waals surface area contributed by atoms with E-state index in [1.54, 1.807) is 30.3 Å². The molecule has 35 heavy (non-hydrogen) atoms. The van der Waals surface area contributed by atoms with E-state index in [2.05, 4.69) is 34.3 Å². The number of benzene rings is 3. The molecule has 1 atom stereocenters. The number of carbonyl (C=O) groups is 1. The molecule has 2 aliphatic rings. The van der Waals surface area contributed by atoms with Gasteiger partial charge in [-0.05, 0) is 67.6 Å². The molecule has 0 N–H and O–H groups in total. The lowest BCUT2D eigenvalue weighted by Gasteiger charge is -2.33. The van der Waals surface area contributed by atoms with Gasteiger partial charge < -0.3 is 0 Å². The van der Waals surface area contributed by atoms with Crippen LogP contribution >= 0.6 is 0 Å². The Labute approximate surface area is 204 Å². The molecule has 0 spiro atoms. The molecular formula is C29H29F2N3O. The minimum atomic E-state index is -0.514. The summed E-state index contributed by atoms with van der Waals surface area (Å²) in [5.41, 5.74) is 3.20. The van der Waals surface area contributed by atoms with E-state index in [-0.39, 0.29) is 24.1 Å². The zero-order valence-electron chi connectivity index (χ0n) is 19.6. The number of hydrogen-bond donors (Lipinski definition) is 0. The first-order chi connectivity index (χ1) is 17.1. The molecule has 3 aromatic rings. The highest BCUT2D eigenvalue weighted by molar-refractivity contribution is 6.03. The summed E-state index contributed by atoms with van der Waals surface area (Å²) < 4.78 is 28.1. The van der Waals surface area contributed by atoms with E-state index in [4.69, 9.17) is 0 Å². The molecule has 1 saturated heterocycles. The van der Waals surface area contributed by atoms with Crippen LogP contribution in [0.2, 0.25) is 0 Å². The predicted octanol–water partition coefficient (Wildman–Crippen LogP) is 5.60. The first-order valence-corrected chi connectivity index (χ1v) is 12.2. The van der Waals surface area contributed by atoms with E-state index in [1.165, 1.54) is 28.8 Å². The van der Waals surface area contributed by atoms with Crippen molar-refractivity contribution in [3.63, 3.8) is 0 Å². The zero-order valence-corrected chi connectivity index (χ0v) is 19.6. The Bertz CT molecular complexity index is 1190. The van der Waals surface area contributed by atoms with Gasteiger partial charge >= 0.3 is 0 Å². The van der Waals surface area contributed by atoms with Crippen molar-refractivity contribution in [2.75, 3.05) is 19.6 Å². The molecule has 2 aliphatic heterocycles. The minimum Gasteiger partial charge on any atom is -0.294 e. The quantitative estimate of drug-likeness (QED) is 0.467. The topological polar surface area (TPSA) is 35.9 Å². The fourth-order valence-electron chi connectivity index (χ4n) is 5.10. The normalized spacial score (nSPS) is 19.1. The second kappa shape index (κ2) is 10.5. The summed E-state index contributed by atoms with van der Waals surface area (Å²) in [4.78, 5) is 15.6. The molecule has 0 aromatic heterocycles. The van der Waals surface area contributed by atoms with Crippen LogP contribution in [-0.2, 0) is 11.2 Å². The lowest BCUT2D eigenvalue weighted by molar-refractivity contribution is -0.134. The molecule has 3 aromatic carbocycles. The first-order valence-electron chi connectivity index (χ1n) is 12.2. The third-order valence-electron chi connectivity index (χ3n) is 7.04. The van der Waals surface area contributed by atoms with E-state index < -0.39 is 6.04 Å². The Kier molecular flexibility index (Phi) is 7.00. The van der Waals surface area contributed by atoms with Crippen LogP contribution in [0.25, 0.3) is 0 Å². The molecule has 0 saturated carbocycles. The second-order valence-electron chi connectivity index (χ2n) is 9.44. The van der Waals surface area contributed by atoms with Gasteiger partial charge in [0, 0.05) is 12.0 Å². The Hall–Kier alpha value is -3.38. The van der Waals surface area contributed by atoms with Gasteiger partial charge in [0.05, 0.1) is 18.3 Å². The first kappa shape index (κ1) is 23.4. The highest BCUT2D eigenvalue weighted by Crippen LogP contribution is 2.34. The molecule has 0 bridgehead atoms. The Morgan fingerprint density at radius 1 is 0.886 bits per heavy atom. The molecule has 180 valence electrons. The Morgan fingerprint density at radius 3 is 2.29 bits per heavy atom. The van der Waals surface area contributed by atoms with Gasteiger partial charge in [-0.25, -0.2) is 13.8 Å². The Balaban J connectivity index is 1.28. The van der Waals surface area contributed by atoms with Crippen LogP contribution in [0.5, 0.6) is 0 Å². The number of hydrogen-bond acceptors (Lipinski definition) is 3. The minimum absolute atomic E-state index is 0.142. The lowest BCUT2D eigenvalue weighted by Crippen LogP contribution is -2.42. The van der Waals surface area contributed by atoms with Gasteiger partial charge in [0.15, 0.2) is 0 Å². The highest BCUT2D eigenvalue weighted by Gasteiger charge is 2.35. The van der Waals surface area contributed by atoms with Crippen LogP contribution in [0.4, 0.5) is 8.78 Å². The second-order valence-corrected chi connectivity index (χ2v) is 9.44. The van der Waals surface area contributed by atoms with E-state index in [0.29, 0.717) is 23.6 Å². The summed E-state index contributed by atoms with van der Waals surface area (Å²) in [6.45, 7) is 1.97.